The number of fused-ring (bicyclic) bond motifs is 5. The van der Waals surface area contributed by atoms with Crippen LogP contribution in [0, 0.1) is 22.9 Å². The minimum Gasteiger partial charge on any atom is -0.140 e. The summed E-state index contributed by atoms with van der Waals surface area (Å²) >= 11 is 0. The molecule has 60 heavy (non-hydrogen) atoms. The fourth-order valence-corrected chi connectivity index (χ4v) is 414. The molecule has 0 aromatic carbocycles. The lowest BCUT2D eigenvalue weighted by atomic mass is 10.2. The standard InChI is InChI=1S/C48H106Si12/c1-27-29-31-33-35-37-43-57-58(44-38-36-34-32-30-28-2,59(57)45(49(3,4)5,50(6,7)8)39-40-46(59,51(9,10)11)52(12,13)14)60(57)47(53(15,16)17,54(18,19)20)41-42-48(60,55(21,22)23)56(24,25)26/h27-36,39-42H2,1-26H3. The van der Waals surface area contributed by atoms with Gasteiger partial charge in [0.05, 0.1) is 14.2 Å². The molecule has 0 aliphatic carbocycles. The quantitative estimate of drug-likeness (QED) is 0.0821. The van der Waals surface area contributed by atoms with Gasteiger partial charge in [0.2, 0.25) is 0 Å². The van der Waals surface area contributed by atoms with Crippen molar-refractivity contribution in [3.8, 4) is 22.9 Å². The summed E-state index contributed by atoms with van der Waals surface area (Å²) in [6.45, 7) is 72.3. The van der Waals surface area contributed by atoms with E-state index in [1.54, 1.807) is 25.7 Å². The molecule has 4 aliphatic rings. The lowest BCUT2D eigenvalue weighted by Crippen LogP contribution is -2.90. The van der Waals surface area contributed by atoms with Gasteiger partial charge in [0, 0.05) is 77.4 Å². The first kappa shape index (κ1) is 54.3. The third-order valence-corrected chi connectivity index (χ3v) is 199. The fraction of sp³-hybridized carbons (Fsp3) is 0.917. The van der Waals surface area contributed by atoms with Crippen molar-refractivity contribution in [3.05, 3.63) is 0 Å². The van der Waals surface area contributed by atoms with Crippen LogP contribution in [0.25, 0.3) is 0 Å². The Morgan fingerprint density at radius 3 is 0.683 bits per heavy atom. The van der Waals surface area contributed by atoms with E-state index in [1.807, 2.05) is 0 Å². The summed E-state index contributed by atoms with van der Waals surface area (Å²) in [5.41, 5.74) is 10.6. The molecule has 4 rings (SSSR count). The average Bonchev–Trinajstić information content (AvgIpc) is 3.48. The molecule has 0 nitrogen and oxygen atoms in total. The zero-order chi connectivity index (χ0) is 46.7. The molecule has 0 unspecified atom stereocenters. The lowest BCUT2D eigenvalue weighted by molar-refractivity contribution is 0.680. The molecule has 4 heterocycles. The molecular weight excluding hydrogens is 914 g/mol. The molecule has 346 valence electrons. The van der Waals surface area contributed by atoms with Gasteiger partial charge in [-0.05, 0) is 30.0 Å². The monoisotopic (exact) mass is 1020 g/mol. The van der Waals surface area contributed by atoms with Crippen LogP contribution in [-0.2, 0) is 0 Å². The number of unbranched alkanes of at least 4 members (excludes halogenated alkanes) is 8. The van der Waals surface area contributed by atoms with Gasteiger partial charge in [-0.2, -0.15) is 0 Å². The molecule has 0 amide bonds. The van der Waals surface area contributed by atoms with Crippen molar-refractivity contribution in [2.24, 2.45) is 0 Å². The average molecular weight is 1020 g/mol. The van der Waals surface area contributed by atoms with E-state index in [2.05, 4.69) is 183 Å². The van der Waals surface area contributed by atoms with Crippen molar-refractivity contribution in [2.45, 2.75) is 278 Å². The fourth-order valence-electron chi connectivity index (χ4n) is 20.6. The molecular formula is C48H106Si12. The van der Waals surface area contributed by atoms with Crippen LogP contribution in [0.4, 0.5) is 0 Å². The van der Waals surface area contributed by atoms with Gasteiger partial charge in [0.15, 0.2) is 0 Å². The molecule has 4 fully saturated rings. The van der Waals surface area contributed by atoms with E-state index in [1.165, 1.54) is 64.2 Å². The Bertz CT molecular complexity index is 1440. The minimum absolute atomic E-state index is 0.676. The second kappa shape index (κ2) is 16.2. The first-order valence-electron chi connectivity index (χ1n) is 25.8. The molecule has 0 aromatic rings. The summed E-state index contributed by atoms with van der Waals surface area (Å²) in [6.07, 6.45) is 19.8. The molecule has 4 saturated heterocycles. The Balaban J connectivity index is 2.57. The molecule has 0 bridgehead atoms. The third-order valence-electron chi connectivity index (χ3n) is 20.1. The second-order valence-corrected chi connectivity index (χ2v) is 123. The summed E-state index contributed by atoms with van der Waals surface area (Å²) in [4.78, 5) is 0. The van der Waals surface area contributed by atoms with Crippen LogP contribution >= 0.6 is 0 Å². The summed E-state index contributed by atoms with van der Waals surface area (Å²) in [5.74, 6) is 9.14. The number of hydrogen-bond donors (Lipinski definition) is 0. The number of hydrogen-bond acceptors (Lipinski definition) is 0. The van der Waals surface area contributed by atoms with Crippen LogP contribution in [-0.4, -0.2) is 92.1 Å². The molecule has 0 radical (unpaired) electrons. The van der Waals surface area contributed by atoms with E-state index in [-0.39, 0.29) is 0 Å². The Morgan fingerprint density at radius 1 is 0.317 bits per heavy atom. The van der Waals surface area contributed by atoms with Gasteiger partial charge < -0.3 is 0 Å². The van der Waals surface area contributed by atoms with Crippen molar-refractivity contribution in [2.75, 3.05) is 0 Å². The largest absolute Gasteiger partial charge is 0.140 e. The van der Waals surface area contributed by atoms with Crippen LogP contribution in [0.1, 0.15) is 104 Å². The SMILES string of the molecule is CCCCCCC#C[Si]12[Si]3(C([Si](C)(C)C)([Si](C)(C)C)CCC3([Si](C)(C)C)[Si](C)(C)C)[Si]1(C#CCCCCCC)[Si]21C([Si](C)(C)C)([Si](C)(C)C)CCC1([Si](C)(C)C)[Si](C)(C)C. The predicted octanol–water partition coefficient (Wildman–Crippen LogP) is 16.8. The van der Waals surface area contributed by atoms with E-state index >= 15 is 0 Å². The maximum Gasteiger partial charge on any atom is 0.121 e. The van der Waals surface area contributed by atoms with Gasteiger partial charge in [-0.15, -0.1) is 22.9 Å². The maximum atomic E-state index is 5.30. The van der Waals surface area contributed by atoms with Crippen LogP contribution in [0.5, 0.6) is 0 Å². The van der Waals surface area contributed by atoms with Gasteiger partial charge in [0.1, 0.15) is 13.3 Å². The lowest BCUT2D eigenvalue weighted by Gasteiger charge is -2.74. The first-order valence-corrected chi connectivity index (χ1v) is 66.8. The molecule has 0 N–H and O–H groups in total. The Hall–Kier alpha value is 1.72. The highest BCUT2D eigenvalue weighted by atomic mass is 30.7. The van der Waals surface area contributed by atoms with Gasteiger partial charge in [0.25, 0.3) is 0 Å². The highest BCUT2D eigenvalue weighted by Crippen LogP contribution is 3.03. The van der Waals surface area contributed by atoms with Crippen LogP contribution in [0.3, 0.4) is 0 Å². The highest BCUT2D eigenvalue weighted by molar-refractivity contribution is 8.61. The van der Waals surface area contributed by atoms with Crippen LogP contribution < -0.4 is 0 Å². The Labute approximate surface area is 389 Å². The van der Waals surface area contributed by atoms with E-state index in [0.717, 1.165) is 0 Å². The zero-order valence-electron chi connectivity index (χ0n) is 45.9. The second-order valence-electron chi connectivity index (χ2n) is 29.8. The normalized spacial score (nSPS) is 27.6. The third kappa shape index (κ3) is 6.17. The molecule has 12 heteroatoms. The van der Waals surface area contributed by atoms with Crippen molar-refractivity contribution < 1.29 is 0 Å². The Kier molecular flexibility index (Phi) is 14.6. The van der Waals surface area contributed by atoms with E-state index in [9.17, 15) is 0 Å². The minimum atomic E-state index is -2.23. The predicted molar refractivity (Wildman–Crippen MR) is 312 cm³/mol. The molecule has 4 aliphatic heterocycles. The topological polar surface area (TPSA) is 0 Å². The van der Waals surface area contributed by atoms with Crippen molar-refractivity contribution >= 4 is 92.1 Å². The van der Waals surface area contributed by atoms with Gasteiger partial charge in [-0.3, -0.25) is 0 Å². The van der Waals surface area contributed by atoms with Gasteiger partial charge >= 0.3 is 0 Å². The van der Waals surface area contributed by atoms with Crippen LogP contribution in [0.15, 0.2) is 0 Å². The van der Waals surface area contributed by atoms with Crippen molar-refractivity contribution in [3.63, 3.8) is 0 Å². The molecule has 0 saturated carbocycles. The van der Waals surface area contributed by atoms with Gasteiger partial charge in [-0.1, -0.05) is 235 Å². The first-order chi connectivity index (χ1) is 26.8. The smallest absolute Gasteiger partial charge is 0.121 e. The maximum absolute atomic E-state index is 5.30. The Morgan fingerprint density at radius 2 is 0.517 bits per heavy atom. The van der Waals surface area contributed by atoms with Crippen LogP contribution in [0.2, 0.25) is 174 Å². The van der Waals surface area contributed by atoms with Crippen molar-refractivity contribution in [1.29, 1.82) is 0 Å². The summed E-state index contributed by atoms with van der Waals surface area (Å²) in [6, 6.07) is 0. The highest BCUT2D eigenvalue weighted by Gasteiger charge is 3.27. The summed E-state index contributed by atoms with van der Waals surface area (Å²) in [7, 11) is -18.2. The van der Waals surface area contributed by atoms with E-state index in [4.69, 9.17) is 11.1 Å². The van der Waals surface area contributed by atoms with Gasteiger partial charge in [-0.25, -0.2) is 0 Å². The zero-order valence-corrected chi connectivity index (χ0v) is 57.9. The molecule has 0 aromatic heterocycles. The summed E-state index contributed by atoms with van der Waals surface area (Å²) in [5, 5.41) is 0. The van der Waals surface area contributed by atoms with Crippen molar-refractivity contribution in [1.82, 2.24) is 0 Å². The van der Waals surface area contributed by atoms with E-state index in [0.29, 0.717) is 17.1 Å². The molecule has 0 atom stereocenters. The number of rotatable bonds is 16. The molecule has 2 spiro atoms. The summed E-state index contributed by atoms with van der Waals surface area (Å²) < 4.78 is 2.71. The van der Waals surface area contributed by atoms with E-state index < -0.39 is 92.1 Å².